The number of benzene rings is 1. The first kappa shape index (κ1) is 22.6. The summed E-state index contributed by atoms with van der Waals surface area (Å²) >= 11 is 0. The first-order valence-corrected chi connectivity index (χ1v) is 10.8. The van der Waals surface area contributed by atoms with Crippen molar-refractivity contribution in [1.29, 1.82) is 0 Å². The molecule has 1 amide bonds. The molecule has 0 saturated carbocycles. The molecule has 0 spiro atoms. The summed E-state index contributed by atoms with van der Waals surface area (Å²) in [5.41, 5.74) is 0.792. The highest BCUT2D eigenvalue weighted by atomic mass is 19.4. The molecular weight excluding hydrogens is 496 g/mol. The van der Waals surface area contributed by atoms with Crippen LogP contribution in [-0.4, -0.2) is 47.5 Å². The van der Waals surface area contributed by atoms with Crippen LogP contribution in [0.5, 0.6) is 0 Å². The molecule has 1 N–H and O–H groups in total. The summed E-state index contributed by atoms with van der Waals surface area (Å²) < 4.78 is 60.2. The van der Waals surface area contributed by atoms with Gasteiger partial charge in [0.15, 0.2) is 11.5 Å². The van der Waals surface area contributed by atoms with Crippen molar-refractivity contribution in [3.63, 3.8) is 0 Å². The maximum Gasteiger partial charge on any atom is 0.417 e. The lowest BCUT2D eigenvalue weighted by molar-refractivity contribution is -0.137. The molecule has 0 bridgehead atoms. The third-order valence-electron chi connectivity index (χ3n) is 5.87. The van der Waals surface area contributed by atoms with E-state index in [1.165, 1.54) is 46.2 Å². The van der Waals surface area contributed by atoms with E-state index in [0.717, 1.165) is 6.07 Å². The molecule has 1 saturated heterocycles. The van der Waals surface area contributed by atoms with Crippen molar-refractivity contribution >= 4 is 17.6 Å². The van der Waals surface area contributed by atoms with Crippen LogP contribution in [0.4, 0.5) is 28.2 Å². The van der Waals surface area contributed by atoms with Crippen molar-refractivity contribution in [2.75, 3.05) is 11.5 Å². The molecule has 37 heavy (non-hydrogen) atoms. The summed E-state index contributed by atoms with van der Waals surface area (Å²) in [6, 6.07) is 7.31. The van der Waals surface area contributed by atoms with Gasteiger partial charge in [-0.15, -0.1) is 0 Å². The average molecular weight is 510 g/mol. The zero-order valence-corrected chi connectivity index (χ0v) is 18.5. The fourth-order valence-corrected chi connectivity index (χ4v) is 4.06. The van der Waals surface area contributed by atoms with Gasteiger partial charge in [-0.2, -0.15) is 23.4 Å². The van der Waals surface area contributed by atoms with Crippen LogP contribution in [-0.2, 0) is 10.9 Å². The van der Waals surface area contributed by atoms with Gasteiger partial charge in [-0.3, -0.25) is 10.1 Å². The van der Waals surface area contributed by atoms with E-state index in [-0.39, 0.29) is 29.5 Å². The van der Waals surface area contributed by atoms with Crippen LogP contribution in [0.3, 0.4) is 0 Å². The Labute approximate surface area is 204 Å². The number of carbonyl (C=O) groups excluding carboxylic acids is 1. The fourth-order valence-electron chi connectivity index (χ4n) is 4.06. The summed E-state index contributed by atoms with van der Waals surface area (Å²) in [7, 11) is 0. The van der Waals surface area contributed by atoms with E-state index in [4.69, 9.17) is 4.74 Å². The number of H-pyrrole nitrogens is 1. The van der Waals surface area contributed by atoms with Gasteiger partial charge in [0.25, 0.3) is 0 Å². The number of halogens is 4. The third kappa shape index (κ3) is 3.91. The maximum absolute atomic E-state index is 14.8. The van der Waals surface area contributed by atoms with Crippen LogP contribution in [0.15, 0.2) is 61.3 Å². The summed E-state index contributed by atoms with van der Waals surface area (Å²) in [4.78, 5) is 26.2. The van der Waals surface area contributed by atoms with E-state index >= 15 is 0 Å². The number of rotatable bonds is 4. The van der Waals surface area contributed by atoms with Crippen LogP contribution in [0.1, 0.15) is 17.3 Å². The van der Waals surface area contributed by atoms with Crippen molar-refractivity contribution in [3.05, 3.63) is 78.4 Å². The quantitative estimate of drug-likeness (QED) is 0.356. The number of ether oxygens (including phenoxy) is 1. The van der Waals surface area contributed by atoms with Gasteiger partial charge < -0.3 is 4.74 Å². The van der Waals surface area contributed by atoms with Crippen LogP contribution >= 0.6 is 0 Å². The standard InChI is InChI=1S/C23H14F4N8O2/c24-16-7-12(1-3-14(16)20-29-11-30-33-20)15-9-31-34-6-5-19(32-21(15)34)35-18(10-37-22(35)36)17-4-2-13(8-28-17)23(25,26)27/h1-9,11,18H,10H2,(H,29,30,33)/t18-/m1/s1. The lowest BCUT2D eigenvalue weighted by atomic mass is 10.1. The number of anilines is 1. The number of carbonyl (C=O) groups is 1. The Morgan fingerprint density at radius 3 is 2.62 bits per heavy atom. The van der Waals surface area contributed by atoms with Crippen molar-refractivity contribution in [2.45, 2.75) is 12.2 Å². The molecule has 1 fully saturated rings. The Hall–Kier alpha value is -4.88. The zero-order valence-electron chi connectivity index (χ0n) is 18.5. The van der Waals surface area contributed by atoms with Crippen LogP contribution in [0.2, 0.25) is 0 Å². The van der Waals surface area contributed by atoms with Gasteiger partial charge in [0.05, 0.1) is 23.0 Å². The molecule has 1 atom stereocenters. The minimum Gasteiger partial charge on any atom is -0.446 e. The first-order chi connectivity index (χ1) is 17.8. The minimum absolute atomic E-state index is 0.121. The number of hydrogen-bond donors (Lipinski definition) is 1. The summed E-state index contributed by atoms with van der Waals surface area (Å²) in [5.74, 6) is -0.176. The summed E-state index contributed by atoms with van der Waals surface area (Å²) in [6.45, 7) is -0.121. The fraction of sp³-hybridized carbons (Fsp3) is 0.130. The molecule has 1 aromatic carbocycles. The molecule has 6 rings (SSSR count). The molecule has 1 aliphatic rings. The molecule has 14 heteroatoms. The maximum atomic E-state index is 14.8. The number of alkyl halides is 3. The second-order valence-corrected chi connectivity index (χ2v) is 8.06. The third-order valence-corrected chi connectivity index (χ3v) is 5.87. The first-order valence-electron chi connectivity index (χ1n) is 10.8. The molecule has 1 aliphatic heterocycles. The van der Waals surface area contributed by atoms with Crippen LogP contribution < -0.4 is 4.90 Å². The van der Waals surface area contributed by atoms with Gasteiger partial charge in [0, 0.05) is 18.0 Å². The molecule has 4 aromatic heterocycles. The van der Waals surface area contributed by atoms with Gasteiger partial charge in [-0.05, 0) is 35.9 Å². The van der Waals surface area contributed by atoms with Crippen LogP contribution in [0, 0.1) is 5.82 Å². The number of pyridine rings is 1. The monoisotopic (exact) mass is 510 g/mol. The Balaban J connectivity index is 1.37. The number of aromatic nitrogens is 7. The van der Waals surface area contributed by atoms with E-state index < -0.39 is 29.7 Å². The molecule has 0 unspecified atom stereocenters. The lowest BCUT2D eigenvalue weighted by Gasteiger charge is -2.20. The van der Waals surface area contributed by atoms with Crippen molar-refractivity contribution < 1.29 is 27.1 Å². The lowest BCUT2D eigenvalue weighted by Crippen LogP contribution is -2.29. The second kappa shape index (κ2) is 8.36. The van der Waals surface area contributed by atoms with Crippen molar-refractivity contribution in [1.82, 2.24) is 34.8 Å². The zero-order chi connectivity index (χ0) is 25.7. The number of amides is 1. The highest BCUT2D eigenvalue weighted by Gasteiger charge is 2.38. The van der Waals surface area contributed by atoms with E-state index in [2.05, 4.69) is 30.2 Å². The van der Waals surface area contributed by atoms with E-state index in [9.17, 15) is 22.4 Å². The Morgan fingerprint density at radius 1 is 1.05 bits per heavy atom. The SMILES string of the molecule is O=C1OC[C@H](c2ccc(C(F)(F)F)cn2)N1c1ccn2ncc(-c3ccc(-c4nc[nH]n4)c(F)c3)c2n1. The number of aromatic amines is 1. The van der Waals surface area contributed by atoms with Gasteiger partial charge in [-0.1, -0.05) is 6.07 Å². The van der Waals surface area contributed by atoms with Gasteiger partial charge in [-0.25, -0.2) is 28.6 Å². The molecule has 5 aromatic rings. The minimum atomic E-state index is -4.54. The predicted octanol–water partition coefficient (Wildman–Crippen LogP) is 4.43. The highest BCUT2D eigenvalue weighted by Crippen LogP contribution is 2.35. The van der Waals surface area contributed by atoms with Crippen molar-refractivity contribution in [3.8, 4) is 22.5 Å². The van der Waals surface area contributed by atoms with E-state index in [0.29, 0.717) is 23.0 Å². The number of hydrogen-bond acceptors (Lipinski definition) is 7. The number of nitrogens with one attached hydrogen (secondary N) is 1. The molecule has 0 aliphatic carbocycles. The molecule has 186 valence electrons. The van der Waals surface area contributed by atoms with E-state index in [1.807, 2.05) is 0 Å². The molecule has 5 heterocycles. The smallest absolute Gasteiger partial charge is 0.417 e. The van der Waals surface area contributed by atoms with Gasteiger partial charge in [0.1, 0.15) is 30.6 Å². The highest BCUT2D eigenvalue weighted by molar-refractivity contribution is 5.90. The van der Waals surface area contributed by atoms with Crippen molar-refractivity contribution in [2.24, 2.45) is 0 Å². The largest absolute Gasteiger partial charge is 0.446 e. The summed E-state index contributed by atoms with van der Waals surface area (Å²) in [6.07, 6.45) is -0.154. The topological polar surface area (TPSA) is 114 Å². The average Bonchev–Trinajstić information content (AvgIpc) is 3.63. The Morgan fingerprint density at radius 2 is 1.92 bits per heavy atom. The van der Waals surface area contributed by atoms with Gasteiger partial charge in [0.2, 0.25) is 0 Å². The Bertz CT molecular complexity index is 1620. The Kier molecular flexibility index (Phi) is 5.10. The molecule has 0 radical (unpaired) electrons. The number of fused-ring (bicyclic) bond motifs is 1. The number of nitrogens with zero attached hydrogens (tertiary/aromatic N) is 7. The van der Waals surface area contributed by atoms with Gasteiger partial charge >= 0.3 is 12.3 Å². The predicted molar refractivity (Wildman–Crippen MR) is 120 cm³/mol. The van der Waals surface area contributed by atoms with Crippen LogP contribution in [0.25, 0.3) is 28.2 Å². The normalized spacial score (nSPS) is 15.9. The van der Waals surface area contributed by atoms with E-state index in [1.54, 1.807) is 12.3 Å². The molecule has 10 nitrogen and oxygen atoms in total. The number of cyclic esters (lactones) is 1. The second-order valence-electron chi connectivity index (χ2n) is 8.06. The summed E-state index contributed by atoms with van der Waals surface area (Å²) in [5, 5.41) is 10.7. The molecular formula is C23H14F4N8O2.